The van der Waals surface area contributed by atoms with Crippen LogP contribution in [0.25, 0.3) is 43.1 Å². The van der Waals surface area contributed by atoms with Crippen molar-refractivity contribution in [3.8, 4) is 46.0 Å². The molecule has 8 nitrogen and oxygen atoms in total. The lowest BCUT2D eigenvalue weighted by Gasteiger charge is -2.30. The second-order valence-electron chi connectivity index (χ2n) is 23.5. The van der Waals surface area contributed by atoms with Gasteiger partial charge in [-0.3, -0.25) is 0 Å². The van der Waals surface area contributed by atoms with Crippen molar-refractivity contribution in [3.63, 3.8) is 0 Å². The highest BCUT2D eigenvalue weighted by atomic mass is 16.5. The van der Waals surface area contributed by atoms with Gasteiger partial charge in [0.25, 0.3) is 0 Å². The monoisotopic (exact) mass is 1010 g/mol. The fraction of sp³-hybridized carbons (Fsp3) is 0.412. The third-order valence-corrected chi connectivity index (χ3v) is 18.8. The van der Waals surface area contributed by atoms with E-state index in [9.17, 15) is 0 Å². The Kier molecular flexibility index (Phi) is 10.1. The second kappa shape index (κ2) is 17.4. The van der Waals surface area contributed by atoms with E-state index in [0.717, 1.165) is 227 Å². The van der Waals surface area contributed by atoms with Crippen LogP contribution in [-0.2, 0) is 77.0 Å². The van der Waals surface area contributed by atoms with Crippen LogP contribution in [0.5, 0.6) is 46.0 Å². The minimum Gasteiger partial charge on any atom is -0.493 e. The van der Waals surface area contributed by atoms with Crippen LogP contribution in [0.3, 0.4) is 0 Å². The third-order valence-electron chi connectivity index (χ3n) is 18.8. The van der Waals surface area contributed by atoms with Crippen LogP contribution >= 0.6 is 0 Å². The molecule has 11 bridgehead atoms. The van der Waals surface area contributed by atoms with Crippen LogP contribution in [0.2, 0.25) is 0 Å². The van der Waals surface area contributed by atoms with Crippen molar-refractivity contribution in [2.45, 2.75) is 128 Å². The predicted octanol–water partition coefficient (Wildman–Crippen LogP) is 13.6. The van der Waals surface area contributed by atoms with Gasteiger partial charge in [-0.2, -0.15) is 0 Å². The van der Waals surface area contributed by atoms with E-state index in [2.05, 4.69) is 48.5 Å². The molecule has 0 saturated heterocycles. The molecular weight excluding hydrogens is 945 g/mol. The summed E-state index contributed by atoms with van der Waals surface area (Å²) in [6.07, 6.45) is 18.9. The molecule has 0 atom stereocenters. The van der Waals surface area contributed by atoms with Crippen molar-refractivity contribution in [1.82, 2.24) is 0 Å². The van der Waals surface area contributed by atoms with Crippen LogP contribution < -0.4 is 37.9 Å². The van der Waals surface area contributed by atoms with Gasteiger partial charge in [-0.1, -0.05) is 0 Å². The van der Waals surface area contributed by atoms with Gasteiger partial charge < -0.3 is 37.9 Å². The van der Waals surface area contributed by atoms with Crippen LogP contribution in [0.1, 0.15) is 140 Å². The maximum Gasteiger partial charge on any atom is 0.126 e. The van der Waals surface area contributed by atoms with E-state index in [0.29, 0.717) is 0 Å². The highest BCUT2D eigenvalue weighted by molar-refractivity contribution is 6.00. The molecule has 0 amide bonds. The van der Waals surface area contributed by atoms with Crippen LogP contribution in [0.4, 0.5) is 0 Å². The maximum absolute atomic E-state index is 6.92. The molecule has 0 fully saturated rings. The van der Waals surface area contributed by atoms with Gasteiger partial charge in [0.2, 0.25) is 0 Å². The van der Waals surface area contributed by atoms with Gasteiger partial charge in [0.15, 0.2) is 0 Å². The van der Waals surface area contributed by atoms with Crippen molar-refractivity contribution in [1.29, 1.82) is 0 Å². The normalized spacial score (nSPS) is 18.9. The fourth-order valence-corrected chi connectivity index (χ4v) is 15.9. The molecule has 0 unspecified atom stereocenters. The molecule has 0 radical (unpaired) electrons. The van der Waals surface area contributed by atoms with Crippen LogP contribution in [-0.4, -0.2) is 52.9 Å². The zero-order valence-corrected chi connectivity index (χ0v) is 43.7. The first-order chi connectivity index (χ1) is 37.7. The summed E-state index contributed by atoms with van der Waals surface area (Å²) in [6.45, 7) is 5.84. The Bertz CT molecular complexity index is 3860. The number of aryl methyl sites for hydroxylation is 8. The molecule has 384 valence electrons. The Balaban J connectivity index is 0.971. The van der Waals surface area contributed by atoms with Gasteiger partial charge in [-0.25, -0.2) is 0 Å². The second-order valence-corrected chi connectivity index (χ2v) is 23.5. The lowest BCUT2D eigenvalue weighted by molar-refractivity contribution is 0.281. The standard InChI is InChI=1S/C68H64O8/c1-9-48-57(69-17-1)36-37-25-41-26-38-27-42(63-50(11-3-19-71-63)58(38)49-10-2-18-70-62(41)49)32-43-28-39-29-44(65-52(13-5-21-73-65)59(39)51-12-4-20-72-64(43)51)33-45-30-40-31-46(34-47-35-56(37)61(48)55-16-8-24-76-68(47)55)67-54(15-7-23-75-67)60(40)53-14-6-22-74-66(45)53/h26-31,35-36H,1-25,32-34H2. The summed E-state index contributed by atoms with van der Waals surface area (Å²) in [7, 11) is 0. The van der Waals surface area contributed by atoms with Gasteiger partial charge >= 0.3 is 0 Å². The molecule has 0 N–H and O–H groups in total. The lowest BCUT2D eigenvalue weighted by Crippen LogP contribution is -2.17. The van der Waals surface area contributed by atoms with Gasteiger partial charge in [0.05, 0.1) is 52.9 Å². The van der Waals surface area contributed by atoms with E-state index in [1.165, 1.54) is 132 Å². The lowest BCUT2D eigenvalue weighted by atomic mass is 9.82. The van der Waals surface area contributed by atoms with Crippen molar-refractivity contribution >= 4 is 43.1 Å². The zero-order valence-electron chi connectivity index (χ0n) is 43.7. The average molecular weight is 1010 g/mol. The molecule has 0 spiro atoms. The number of fused-ring (bicyclic) bond motifs is 30. The van der Waals surface area contributed by atoms with E-state index >= 15 is 0 Å². The van der Waals surface area contributed by atoms with Crippen molar-refractivity contribution in [3.05, 3.63) is 138 Å². The predicted molar refractivity (Wildman–Crippen MR) is 298 cm³/mol. The third kappa shape index (κ3) is 6.73. The molecule has 9 aliphatic rings. The Morgan fingerprint density at radius 2 is 0.474 bits per heavy atom. The number of hydrogen-bond donors (Lipinski definition) is 0. The number of hydrogen-bond acceptors (Lipinski definition) is 8. The molecule has 76 heavy (non-hydrogen) atoms. The number of benzene rings is 8. The first-order valence-electron chi connectivity index (χ1n) is 29.2. The Morgan fingerprint density at radius 3 is 0.789 bits per heavy atom. The van der Waals surface area contributed by atoms with Crippen LogP contribution in [0.15, 0.2) is 48.5 Å². The summed E-state index contributed by atoms with van der Waals surface area (Å²) in [5.41, 5.74) is 20.8. The van der Waals surface area contributed by atoms with Crippen LogP contribution in [0, 0.1) is 0 Å². The molecule has 17 rings (SSSR count). The fourth-order valence-electron chi connectivity index (χ4n) is 15.9. The molecule has 1 aliphatic carbocycles. The number of ether oxygens (including phenoxy) is 8. The number of rotatable bonds is 0. The van der Waals surface area contributed by atoms with E-state index in [4.69, 9.17) is 37.9 Å². The van der Waals surface area contributed by atoms with Gasteiger partial charge in [-0.15, -0.1) is 0 Å². The molecule has 8 aliphatic heterocycles. The molecule has 8 aromatic rings. The van der Waals surface area contributed by atoms with E-state index in [-0.39, 0.29) is 0 Å². The molecule has 8 aromatic carbocycles. The smallest absolute Gasteiger partial charge is 0.126 e. The first kappa shape index (κ1) is 44.3. The SMILES string of the molecule is c1c2c(c3c4c(c5cc3c1Cc1cc3cc(c6c(c3c3c1OCCC3)CCCO6)Cc1cc3cc(c6c(c3c3c1OCCC3)CCCO6)Cc1cc3cc(c6c(c3c3c1OCCC3)CCCO6)C5)OCCC4)CCCO2. The molecule has 0 aromatic heterocycles. The topological polar surface area (TPSA) is 73.8 Å². The summed E-state index contributed by atoms with van der Waals surface area (Å²) < 4.78 is 54.9. The van der Waals surface area contributed by atoms with Gasteiger partial charge in [0.1, 0.15) is 46.0 Å². The highest BCUT2D eigenvalue weighted by Gasteiger charge is 2.34. The summed E-state index contributed by atoms with van der Waals surface area (Å²) in [6, 6.07) is 19.8. The Hall–Kier alpha value is -6.80. The summed E-state index contributed by atoms with van der Waals surface area (Å²) in [5, 5.41) is 10.6. The molecular formula is C68H64O8. The van der Waals surface area contributed by atoms with Crippen molar-refractivity contribution in [2.75, 3.05) is 52.9 Å². The first-order valence-corrected chi connectivity index (χ1v) is 29.2. The molecule has 0 saturated carbocycles. The van der Waals surface area contributed by atoms with Gasteiger partial charge in [-0.05, 0) is 239 Å². The molecule has 8 heteroatoms. The van der Waals surface area contributed by atoms with E-state index in [1.807, 2.05) is 0 Å². The average Bonchev–Trinajstić information content (AvgIpc) is 3.48. The maximum atomic E-state index is 6.92. The largest absolute Gasteiger partial charge is 0.493 e. The van der Waals surface area contributed by atoms with Crippen molar-refractivity contribution < 1.29 is 37.9 Å². The minimum atomic E-state index is 0.722. The highest BCUT2D eigenvalue weighted by Crippen LogP contribution is 2.52. The summed E-state index contributed by atoms with van der Waals surface area (Å²) in [5.74, 6) is 8.54. The summed E-state index contributed by atoms with van der Waals surface area (Å²) >= 11 is 0. The minimum absolute atomic E-state index is 0.722. The Labute approximate surface area is 443 Å². The quantitative estimate of drug-likeness (QED) is 0.149. The van der Waals surface area contributed by atoms with E-state index in [1.54, 1.807) is 0 Å². The van der Waals surface area contributed by atoms with Gasteiger partial charge in [0, 0.05) is 70.2 Å². The van der Waals surface area contributed by atoms with Crippen molar-refractivity contribution in [2.24, 2.45) is 0 Å². The molecule has 8 heterocycles. The summed E-state index contributed by atoms with van der Waals surface area (Å²) in [4.78, 5) is 0. The Morgan fingerprint density at radius 1 is 0.224 bits per heavy atom. The van der Waals surface area contributed by atoms with E-state index < -0.39 is 0 Å². The zero-order chi connectivity index (χ0) is 49.6.